The van der Waals surface area contributed by atoms with E-state index >= 15 is 0 Å². The average Bonchev–Trinajstić information content (AvgIpc) is 3.42. The fourth-order valence-corrected chi connectivity index (χ4v) is 5.28. The van der Waals surface area contributed by atoms with E-state index in [4.69, 9.17) is 4.74 Å². The van der Waals surface area contributed by atoms with Gasteiger partial charge in [-0.1, -0.05) is 54.1 Å². The lowest BCUT2D eigenvalue weighted by atomic mass is 9.87. The van der Waals surface area contributed by atoms with E-state index in [1.54, 1.807) is 0 Å². The zero-order valence-electron chi connectivity index (χ0n) is 20.4. The highest BCUT2D eigenvalue weighted by molar-refractivity contribution is 5.95. The van der Waals surface area contributed by atoms with Gasteiger partial charge in [-0.05, 0) is 74.1 Å². The first kappa shape index (κ1) is 23.2. The third-order valence-corrected chi connectivity index (χ3v) is 7.06. The molecule has 0 unspecified atom stereocenters. The van der Waals surface area contributed by atoms with Gasteiger partial charge in [0, 0.05) is 25.2 Å². The number of aryl methyl sites for hydroxylation is 1. The van der Waals surface area contributed by atoms with Crippen LogP contribution in [0.1, 0.15) is 58.4 Å². The Labute approximate surface area is 207 Å². The minimum absolute atomic E-state index is 0.0201. The second-order valence-corrected chi connectivity index (χ2v) is 9.58. The van der Waals surface area contributed by atoms with Crippen LogP contribution in [-0.4, -0.2) is 47.4 Å². The van der Waals surface area contributed by atoms with E-state index in [-0.39, 0.29) is 17.9 Å². The van der Waals surface area contributed by atoms with E-state index in [1.807, 2.05) is 65.3 Å². The maximum absolute atomic E-state index is 13.6. The molecule has 1 saturated heterocycles. The van der Waals surface area contributed by atoms with Gasteiger partial charge in [0.1, 0.15) is 5.75 Å². The van der Waals surface area contributed by atoms with Crippen LogP contribution >= 0.6 is 0 Å². The van der Waals surface area contributed by atoms with E-state index in [2.05, 4.69) is 31.2 Å². The third kappa shape index (κ3) is 4.81. The molecule has 2 heterocycles. The van der Waals surface area contributed by atoms with Gasteiger partial charge in [0.15, 0.2) is 6.10 Å². The van der Waals surface area contributed by atoms with Crippen molar-refractivity contribution >= 4 is 11.8 Å². The van der Waals surface area contributed by atoms with Crippen molar-refractivity contribution in [1.82, 2.24) is 9.80 Å². The Balaban J connectivity index is 1.49. The van der Waals surface area contributed by atoms with Crippen molar-refractivity contribution in [1.29, 1.82) is 0 Å². The molecule has 0 aliphatic carbocycles. The molecule has 1 fully saturated rings. The van der Waals surface area contributed by atoms with Crippen LogP contribution < -0.4 is 4.74 Å². The lowest BCUT2D eigenvalue weighted by Gasteiger charge is -2.38. The molecule has 0 spiro atoms. The number of hydrogen-bond acceptors (Lipinski definition) is 3. The number of fused-ring (bicyclic) bond motifs is 1. The number of carbonyl (C=O) groups excluding carboxylic acids is 2. The van der Waals surface area contributed by atoms with Crippen LogP contribution in [0.3, 0.4) is 0 Å². The topological polar surface area (TPSA) is 49.9 Å². The molecule has 2 atom stereocenters. The van der Waals surface area contributed by atoms with E-state index in [9.17, 15) is 9.59 Å². The molecule has 35 heavy (non-hydrogen) atoms. The Morgan fingerprint density at radius 2 is 1.69 bits per heavy atom. The van der Waals surface area contributed by atoms with Gasteiger partial charge in [-0.25, -0.2) is 0 Å². The Kier molecular flexibility index (Phi) is 6.58. The zero-order valence-corrected chi connectivity index (χ0v) is 20.4. The first-order valence-corrected chi connectivity index (χ1v) is 12.5. The number of rotatable bonds is 5. The highest BCUT2D eigenvalue weighted by Gasteiger charge is 2.33. The van der Waals surface area contributed by atoms with Crippen molar-refractivity contribution in [2.45, 2.75) is 45.3 Å². The monoisotopic (exact) mass is 468 g/mol. The summed E-state index contributed by atoms with van der Waals surface area (Å²) in [5, 5.41) is 0. The molecule has 5 heteroatoms. The summed E-state index contributed by atoms with van der Waals surface area (Å²) in [6.45, 7) is 6.15. The van der Waals surface area contributed by atoms with Crippen molar-refractivity contribution in [2.75, 3.05) is 19.6 Å². The minimum Gasteiger partial charge on any atom is -0.481 e. The zero-order chi connectivity index (χ0) is 24.4. The van der Waals surface area contributed by atoms with Crippen LogP contribution in [0.5, 0.6) is 5.75 Å². The van der Waals surface area contributed by atoms with Crippen molar-refractivity contribution in [2.24, 2.45) is 0 Å². The molecule has 0 radical (unpaired) electrons. The number of hydrogen-bond donors (Lipinski definition) is 0. The standard InChI is InChI=1S/C30H32N2O3/c1-21-9-8-12-25(19-21)28-27-20-26(35-22(2)29(33)31-16-6-7-17-31)14-13-23(27)15-18-32(28)30(34)24-10-4-3-5-11-24/h3-5,8-14,19-20,22,28H,6-7,15-18H2,1-2H3/t22-,28-/m0/s1. The Bertz CT molecular complexity index is 1220. The van der Waals surface area contributed by atoms with E-state index in [1.165, 1.54) is 5.56 Å². The number of ether oxygens (including phenoxy) is 1. The van der Waals surface area contributed by atoms with Gasteiger partial charge in [-0.3, -0.25) is 9.59 Å². The molecular weight excluding hydrogens is 436 g/mol. The summed E-state index contributed by atoms with van der Waals surface area (Å²) in [4.78, 5) is 30.3. The summed E-state index contributed by atoms with van der Waals surface area (Å²) in [6, 6.07) is 23.7. The second kappa shape index (κ2) is 9.95. The minimum atomic E-state index is -0.547. The number of likely N-dealkylation sites (tertiary alicyclic amines) is 1. The van der Waals surface area contributed by atoms with Crippen LogP contribution in [-0.2, 0) is 11.2 Å². The summed E-state index contributed by atoms with van der Waals surface area (Å²) in [5.74, 6) is 0.721. The summed E-state index contributed by atoms with van der Waals surface area (Å²) in [5.41, 5.74) is 5.18. The van der Waals surface area contributed by atoms with Crippen LogP contribution in [0.25, 0.3) is 0 Å². The predicted molar refractivity (Wildman–Crippen MR) is 137 cm³/mol. The van der Waals surface area contributed by atoms with E-state index < -0.39 is 6.10 Å². The Morgan fingerprint density at radius 1 is 0.914 bits per heavy atom. The molecular formula is C30H32N2O3. The van der Waals surface area contributed by atoms with E-state index in [0.717, 1.165) is 49.0 Å². The summed E-state index contributed by atoms with van der Waals surface area (Å²) in [7, 11) is 0. The molecule has 0 N–H and O–H groups in total. The summed E-state index contributed by atoms with van der Waals surface area (Å²) < 4.78 is 6.15. The van der Waals surface area contributed by atoms with Gasteiger partial charge in [0.2, 0.25) is 0 Å². The third-order valence-electron chi connectivity index (χ3n) is 7.06. The quantitative estimate of drug-likeness (QED) is 0.519. The molecule has 3 aromatic rings. The summed E-state index contributed by atoms with van der Waals surface area (Å²) in [6.07, 6.45) is 2.34. The lowest BCUT2D eigenvalue weighted by molar-refractivity contribution is -0.136. The van der Waals surface area contributed by atoms with Gasteiger partial charge >= 0.3 is 0 Å². The van der Waals surface area contributed by atoms with Gasteiger partial charge in [-0.15, -0.1) is 0 Å². The fourth-order valence-electron chi connectivity index (χ4n) is 5.28. The van der Waals surface area contributed by atoms with Gasteiger partial charge in [0.25, 0.3) is 11.8 Å². The Morgan fingerprint density at radius 3 is 2.43 bits per heavy atom. The summed E-state index contributed by atoms with van der Waals surface area (Å²) >= 11 is 0. The smallest absolute Gasteiger partial charge is 0.263 e. The van der Waals surface area contributed by atoms with Crippen LogP contribution in [0, 0.1) is 6.92 Å². The van der Waals surface area contributed by atoms with Crippen molar-refractivity contribution in [3.05, 3.63) is 101 Å². The van der Waals surface area contributed by atoms with Crippen LogP contribution in [0.2, 0.25) is 0 Å². The lowest BCUT2D eigenvalue weighted by Crippen LogP contribution is -2.41. The SMILES string of the molecule is Cc1cccc([C@H]2c3cc(O[C@@H](C)C(=O)N4CCCC4)ccc3CCN2C(=O)c2ccccc2)c1. The largest absolute Gasteiger partial charge is 0.481 e. The number of amides is 2. The molecule has 0 aromatic heterocycles. The van der Waals surface area contributed by atoms with Crippen LogP contribution in [0.15, 0.2) is 72.8 Å². The average molecular weight is 469 g/mol. The van der Waals surface area contributed by atoms with Gasteiger partial charge < -0.3 is 14.5 Å². The molecule has 2 amide bonds. The number of nitrogens with zero attached hydrogens (tertiary/aromatic N) is 2. The maximum atomic E-state index is 13.6. The Hall–Kier alpha value is -3.60. The molecule has 5 rings (SSSR count). The first-order valence-electron chi connectivity index (χ1n) is 12.5. The van der Waals surface area contributed by atoms with Crippen molar-refractivity contribution in [3.63, 3.8) is 0 Å². The van der Waals surface area contributed by atoms with Crippen LogP contribution in [0.4, 0.5) is 0 Å². The molecule has 2 aliphatic heterocycles. The van der Waals surface area contributed by atoms with Crippen molar-refractivity contribution in [3.8, 4) is 5.75 Å². The highest BCUT2D eigenvalue weighted by Crippen LogP contribution is 2.38. The molecule has 0 saturated carbocycles. The molecule has 0 bridgehead atoms. The van der Waals surface area contributed by atoms with Crippen molar-refractivity contribution < 1.29 is 14.3 Å². The first-order chi connectivity index (χ1) is 17.0. The molecule has 5 nitrogen and oxygen atoms in total. The maximum Gasteiger partial charge on any atom is 0.263 e. The molecule has 180 valence electrons. The highest BCUT2D eigenvalue weighted by atomic mass is 16.5. The fraction of sp³-hybridized carbons (Fsp3) is 0.333. The van der Waals surface area contributed by atoms with Gasteiger partial charge in [-0.2, -0.15) is 0 Å². The number of carbonyl (C=O) groups is 2. The predicted octanol–water partition coefficient (Wildman–Crippen LogP) is 5.17. The molecule has 2 aliphatic rings. The second-order valence-electron chi connectivity index (χ2n) is 9.58. The van der Waals surface area contributed by atoms with Gasteiger partial charge in [0.05, 0.1) is 6.04 Å². The molecule has 3 aromatic carbocycles. The normalized spacial score (nSPS) is 18.2. The number of benzene rings is 3. The van der Waals surface area contributed by atoms with E-state index in [0.29, 0.717) is 17.9 Å².